The molecule has 1 N–H and O–H groups in total. The summed E-state index contributed by atoms with van der Waals surface area (Å²) in [6.07, 6.45) is 0.188. The van der Waals surface area contributed by atoms with E-state index in [2.05, 4.69) is 20.9 Å². The van der Waals surface area contributed by atoms with Crippen LogP contribution in [0.4, 0.5) is 0 Å². The molecule has 1 heterocycles. The molecule has 17 heavy (non-hydrogen) atoms. The number of hydrogen-bond donors (Lipinski definition) is 1. The molecule has 0 saturated heterocycles. The fraction of sp³-hybridized carbons (Fsp3) is 0.583. The lowest BCUT2D eigenvalue weighted by Crippen LogP contribution is -2.26. The predicted octanol–water partition coefficient (Wildman–Crippen LogP) is 2.67. The Labute approximate surface area is 110 Å². The van der Waals surface area contributed by atoms with E-state index in [1.807, 2.05) is 19.9 Å². The summed E-state index contributed by atoms with van der Waals surface area (Å²) < 4.78 is 11.6. The lowest BCUT2D eigenvalue weighted by molar-refractivity contribution is -0.177. The van der Waals surface area contributed by atoms with Crippen LogP contribution in [0.1, 0.15) is 32.6 Å². The summed E-state index contributed by atoms with van der Waals surface area (Å²) in [5.41, 5.74) is 0.587. The van der Waals surface area contributed by atoms with Crippen molar-refractivity contribution in [3.8, 4) is 0 Å². The molecule has 1 aromatic rings. The molecule has 3 unspecified atom stereocenters. The lowest BCUT2D eigenvalue weighted by atomic mass is 10.1. The Morgan fingerprint density at radius 1 is 1.41 bits per heavy atom. The van der Waals surface area contributed by atoms with Crippen molar-refractivity contribution >= 4 is 15.9 Å². The van der Waals surface area contributed by atoms with Gasteiger partial charge < -0.3 is 14.6 Å². The third kappa shape index (κ3) is 4.71. The molecule has 96 valence electrons. The molecule has 0 aliphatic heterocycles. The fourth-order valence-electron chi connectivity index (χ4n) is 1.45. The number of aliphatic hydroxyl groups is 1. The van der Waals surface area contributed by atoms with Crippen molar-refractivity contribution in [3.05, 3.63) is 28.5 Å². The van der Waals surface area contributed by atoms with E-state index in [9.17, 15) is 5.11 Å². The zero-order valence-electron chi connectivity index (χ0n) is 10.3. The van der Waals surface area contributed by atoms with Gasteiger partial charge in [0, 0.05) is 17.3 Å². The smallest absolute Gasteiger partial charge is 0.155 e. The first-order valence-electron chi connectivity index (χ1n) is 5.61. The van der Waals surface area contributed by atoms with Crippen molar-refractivity contribution < 1.29 is 14.6 Å². The van der Waals surface area contributed by atoms with Crippen LogP contribution in [0.25, 0.3) is 0 Å². The highest BCUT2D eigenvalue weighted by atomic mass is 79.9. The van der Waals surface area contributed by atoms with E-state index >= 15 is 0 Å². The quantitative estimate of drug-likeness (QED) is 0.821. The van der Waals surface area contributed by atoms with Crippen molar-refractivity contribution in [3.63, 3.8) is 0 Å². The highest BCUT2D eigenvalue weighted by molar-refractivity contribution is 9.10. The van der Waals surface area contributed by atoms with Gasteiger partial charge in [-0.15, -0.1) is 0 Å². The Hall–Kier alpha value is -0.490. The Morgan fingerprint density at radius 3 is 2.65 bits per heavy atom. The maximum Gasteiger partial charge on any atom is 0.155 e. The average Bonchev–Trinajstić information content (AvgIpc) is 2.29. The molecule has 4 nitrogen and oxygen atoms in total. The minimum atomic E-state index is -0.758. The largest absolute Gasteiger partial charge is 0.384 e. The first kappa shape index (κ1) is 14.6. The van der Waals surface area contributed by atoms with E-state index in [4.69, 9.17) is 9.47 Å². The molecule has 0 aliphatic rings. The van der Waals surface area contributed by atoms with Gasteiger partial charge in [0.05, 0.1) is 11.8 Å². The second kappa shape index (κ2) is 7.06. The predicted molar refractivity (Wildman–Crippen MR) is 68.5 cm³/mol. The SMILES string of the molecule is CCOC(C)OC(C)C(O)c1ccc(Br)cn1. The van der Waals surface area contributed by atoms with E-state index in [0.29, 0.717) is 12.3 Å². The van der Waals surface area contributed by atoms with Gasteiger partial charge in [-0.25, -0.2) is 0 Å². The zero-order valence-corrected chi connectivity index (χ0v) is 11.8. The molecule has 0 spiro atoms. The summed E-state index contributed by atoms with van der Waals surface area (Å²) in [6.45, 7) is 6.09. The molecule has 5 heteroatoms. The summed E-state index contributed by atoms with van der Waals surface area (Å²) in [5, 5.41) is 10.0. The third-order valence-electron chi connectivity index (χ3n) is 2.31. The van der Waals surface area contributed by atoms with E-state index < -0.39 is 6.10 Å². The van der Waals surface area contributed by atoms with Crippen molar-refractivity contribution in [2.45, 2.75) is 39.3 Å². The zero-order chi connectivity index (χ0) is 12.8. The van der Waals surface area contributed by atoms with Gasteiger partial charge in [0.2, 0.25) is 0 Å². The highest BCUT2D eigenvalue weighted by Gasteiger charge is 2.20. The van der Waals surface area contributed by atoms with Gasteiger partial charge >= 0.3 is 0 Å². The molecule has 0 bridgehead atoms. The number of aromatic nitrogens is 1. The van der Waals surface area contributed by atoms with Crippen LogP contribution >= 0.6 is 15.9 Å². The Kier molecular flexibility index (Phi) is 6.05. The topological polar surface area (TPSA) is 51.6 Å². The summed E-state index contributed by atoms with van der Waals surface area (Å²) in [7, 11) is 0. The standard InChI is InChI=1S/C12H18BrNO3/c1-4-16-9(3)17-8(2)12(15)11-6-5-10(13)7-14-11/h5-9,12,15H,4H2,1-3H3. The molecule has 0 fully saturated rings. The molecule has 0 saturated carbocycles. The van der Waals surface area contributed by atoms with Crippen molar-refractivity contribution in [1.29, 1.82) is 0 Å². The lowest BCUT2D eigenvalue weighted by Gasteiger charge is -2.23. The molecule has 0 aromatic carbocycles. The van der Waals surface area contributed by atoms with Crippen LogP contribution in [0.2, 0.25) is 0 Å². The van der Waals surface area contributed by atoms with Gasteiger partial charge in [0.25, 0.3) is 0 Å². The van der Waals surface area contributed by atoms with Gasteiger partial charge in [-0.3, -0.25) is 4.98 Å². The minimum absolute atomic E-state index is 0.333. The molecule has 1 rings (SSSR count). The second-order valence-corrected chi connectivity index (χ2v) is 4.63. The van der Waals surface area contributed by atoms with Crippen LogP contribution in [-0.4, -0.2) is 29.1 Å². The number of hydrogen-bond acceptors (Lipinski definition) is 4. The van der Waals surface area contributed by atoms with Crippen LogP contribution < -0.4 is 0 Å². The molecule has 3 atom stereocenters. The number of rotatable bonds is 6. The van der Waals surface area contributed by atoms with Crippen LogP contribution in [0.3, 0.4) is 0 Å². The summed E-state index contributed by atoms with van der Waals surface area (Å²) in [4.78, 5) is 4.13. The number of ether oxygens (including phenoxy) is 2. The van der Waals surface area contributed by atoms with Crippen molar-refractivity contribution in [2.24, 2.45) is 0 Å². The van der Waals surface area contributed by atoms with E-state index in [-0.39, 0.29) is 12.4 Å². The first-order chi connectivity index (χ1) is 8.04. The summed E-state index contributed by atoms with van der Waals surface area (Å²) >= 11 is 3.30. The van der Waals surface area contributed by atoms with E-state index in [1.54, 1.807) is 19.2 Å². The van der Waals surface area contributed by atoms with E-state index in [1.165, 1.54) is 0 Å². The number of halogens is 1. The number of nitrogens with zero attached hydrogens (tertiary/aromatic N) is 1. The van der Waals surface area contributed by atoms with Crippen LogP contribution in [0, 0.1) is 0 Å². The van der Waals surface area contributed by atoms with Crippen molar-refractivity contribution in [1.82, 2.24) is 4.98 Å². The monoisotopic (exact) mass is 303 g/mol. The average molecular weight is 304 g/mol. The third-order valence-corrected chi connectivity index (χ3v) is 2.77. The summed E-state index contributed by atoms with van der Waals surface area (Å²) in [5.74, 6) is 0. The van der Waals surface area contributed by atoms with Gasteiger partial charge in [0.1, 0.15) is 6.10 Å². The molecule has 0 amide bonds. The maximum atomic E-state index is 10.0. The highest BCUT2D eigenvalue weighted by Crippen LogP contribution is 2.19. The molecular weight excluding hydrogens is 286 g/mol. The summed E-state index contributed by atoms with van der Waals surface area (Å²) in [6, 6.07) is 3.60. The van der Waals surface area contributed by atoms with Gasteiger partial charge in [-0.2, -0.15) is 0 Å². The second-order valence-electron chi connectivity index (χ2n) is 3.71. The van der Waals surface area contributed by atoms with Crippen LogP contribution in [0.5, 0.6) is 0 Å². The Balaban J connectivity index is 2.56. The maximum absolute atomic E-state index is 10.0. The number of aliphatic hydroxyl groups excluding tert-OH is 1. The molecule has 1 aromatic heterocycles. The van der Waals surface area contributed by atoms with Gasteiger partial charge in [-0.05, 0) is 48.8 Å². The van der Waals surface area contributed by atoms with Crippen LogP contribution in [-0.2, 0) is 9.47 Å². The van der Waals surface area contributed by atoms with Crippen LogP contribution in [0.15, 0.2) is 22.8 Å². The number of pyridine rings is 1. The van der Waals surface area contributed by atoms with E-state index in [0.717, 1.165) is 4.47 Å². The fourth-order valence-corrected chi connectivity index (χ4v) is 1.69. The van der Waals surface area contributed by atoms with Gasteiger partial charge in [0.15, 0.2) is 6.29 Å². The Bertz CT molecular complexity index is 331. The Morgan fingerprint density at radius 2 is 2.12 bits per heavy atom. The van der Waals surface area contributed by atoms with Crippen molar-refractivity contribution in [2.75, 3.05) is 6.61 Å². The first-order valence-corrected chi connectivity index (χ1v) is 6.40. The molecular formula is C12H18BrNO3. The normalized spacial score (nSPS) is 16.5. The minimum Gasteiger partial charge on any atom is -0.384 e. The molecule has 0 aliphatic carbocycles. The molecule has 0 radical (unpaired) electrons. The van der Waals surface area contributed by atoms with Gasteiger partial charge in [-0.1, -0.05) is 0 Å².